The number of hydrogen-bond donors (Lipinski definition) is 2. The minimum Gasteiger partial charge on any atom is -0.345 e. The highest BCUT2D eigenvalue weighted by Gasteiger charge is 2.37. The van der Waals surface area contributed by atoms with Crippen molar-refractivity contribution in [3.8, 4) is 0 Å². The lowest BCUT2D eigenvalue weighted by Gasteiger charge is -2.38. The molecular weight excluding hydrogens is 535 g/mol. The third-order valence-corrected chi connectivity index (χ3v) is 7.80. The molecule has 10 nitrogen and oxygen atoms in total. The number of amides is 3. The molecule has 40 heavy (non-hydrogen) atoms. The van der Waals surface area contributed by atoms with E-state index in [-0.39, 0.29) is 34.6 Å². The number of nitrogen functional groups attached to an aromatic ring is 1. The minimum absolute atomic E-state index is 0.0161. The SMILES string of the molecule is CC(C)C[C@@H]([C]=O)N(C(=O)c1csc(N(CC(C)C)C2CCC2)n1)C(=O)c1cc2cc(F)ccc2n1C(=O)NN. The summed E-state index contributed by atoms with van der Waals surface area (Å²) in [5.41, 5.74) is 1.94. The smallest absolute Gasteiger partial charge is 0.340 e. The van der Waals surface area contributed by atoms with E-state index in [0.29, 0.717) is 17.1 Å². The summed E-state index contributed by atoms with van der Waals surface area (Å²) in [5, 5.41) is 2.51. The summed E-state index contributed by atoms with van der Waals surface area (Å²) in [6, 6.07) is 3.16. The monoisotopic (exact) mass is 569 g/mol. The average Bonchev–Trinajstić information content (AvgIpc) is 3.50. The fourth-order valence-corrected chi connectivity index (χ4v) is 5.75. The molecule has 1 aliphatic rings. The fourth-order valence-electron chi connectivity index (χ4n) is 4.87. The van der Waals surface area contributed by atoms with E-state index in [0.717, 1.165) is 47.4 Å². The van der Waals surface area contributed by atoms with Gasteiger partial charge in [-0.25, -0.2) is 20.0 Å². The molecule has 1 atom stereocenters. The molecule has 2 heterocycles. The van der Waals surface area contributed by atoms with E-state index in [4.69, 9.17) is 5.84 Å². The van der Waals surface area contributed by atoms with Gasteiger partial charge in [-0.05, 0) is 61.8 Å². The van der Waals surface area contributed by atoms with Crippen molar-refractivity contribution in [3.05, 3.63) is 46.9 Å². The quantitative estimate of drug-likeness (QED) is 0.159. The summed E-state index contributed by atoms with van der Waals surface area (Å²) in [5.74, 6) is 3.41. The minimum atomic E-state index is -1.24. The van der Waals surface area contributed by atoms with Gasteiger partial charge in [0.1, 0.15) is 23.2 Å². The second kappa shape index (κ2) is 12.3. The number of rotatable bonds is 10. The molecule has 4 rings (SSSR count). The summed E-state index contributed by atoms with van der Waals surface area (Å²) in [4.78, 5) is 60.5. The highest BCUT2D eigenvalue weighted by molar-refractivity contribution is 7.14. The van der Waals surface area contributed by atoms with Gasteiger partial charge in [0.25, 0.3) is 11.8 Å². The van der Waals surface area contributed by atoms with Gasteiger partial charge in [0.2, 0.25) is 6.29 Å². The number of nitrogens with zero attached hydrogens (tertiary/aromatic N) is 4. The van der Waals surface area contributed by atoms with E-state index < -0.39 is 29.7 Å². The topological polar surface area (TPSA) is 131 Å². The van der Waals surface area contributed by atoms with E-state index >= 15 is 0 Å². The van der Waals surface area contributed by atoms with Gasteiger partial charge >= 0.3 is 6.03 Å². The molecule has 0 saturated heterocycles. The molecule has 0 bridgehead atoms. The van der Waals surface area contributed by atoms with E-state index in [1.807, 2.05) is 25.6 Å². The number of imide groups is 1. The summed E-state index contributed by atoms with van der Waals surface area (Å²) in [6.45, 7) is 8.71. The molecule has 1 fully saturated rings. The molecule has 3 aromatic rings. The van der Waals surface area contributed by atoms with Crippen LogP contribution in [0.5, 0.6) is 0 Å². The zero-order valence-corrected chi connectivity index (χ0v) is 23.8. The third-order valence-electron chi connectivity index (χ3n) is 6.92. The third kappa shape index (κ3) is 5.92. The van der Waals surface area contributed by atoms with Gasteiger partial charge in [-0.2, -0.15) is 0 Å². The highest BCUT2D eigenvalue weighted by Crippen LogP contribution is 2.33. The summed E-state index contributed by atoms with van der Waals surface area (Å²) >= 11 is 1.31. The molecular formula is C28H34FN6O4S. The van der Waals surface area contributed by atoms with Gasteiger partial charge in [0.05, 0.1) is 5.52 Å². The second-order valence-corrected chi connectivity index (χ2v) is 11.7. The van der Waals surface area contributed by atoms with Crippen LogP contribution in [0.1, 0.15) is 74.4 Å². The Balaban J connectivity index is 1.78. The Morgan fingerprint density at radius 2 is 1.90 bits per heavy atom. The van der Waals surface area contributed by atoms with E-state index in [1.165, 1.54) is 23.5 Å². The molecule has 12 heteroatoms. The Morgan fingerprint density at radius 1 is 1.18 bits per heavy atom. The number of hydrazine groups is 1. The number of halogens is 1. The molecule has 1 saturated carbocycles. The van der Waals surface area contributed by atoms with Crippen LogP contribution in [0.3, 0.4) is 0 Å². The first-order chi connectivity index (χ1) is 19.0. The Hall–Kier alpha value is -3.64. The molecule has 3 N–H and O–H groups in total. The van der Waals surface area contributed by atoms with Crippen molar-refractivity contribution in [2.45, 2.75) is 65.5 Å². The van der Waals surface area contributed by atoms with Crippen LogP contribution >= 0.6 is 11.3 Å². The van der Waals surface area contributed by atoms with E-state index in [9.17, 15) is 23.6 Å². The second-order valence-electron chi connectivity index (χ2n) is 10.9. The number of fused-ring (bicyclic) bond motifs is 1. The van der Waals surface area contributed by atoms with Crippen LogP contribution < -0.4 is 16.2 Å². The lowest BCUT2D eigenvalue weighted by molar-refractivity contribution is 0.0563. The number of hydrogen-bond acceptors (Lipinski definition) is 8. The van der Waals surface area contributed by atoms with Crippen LogP contribution in [0.2, 0.25) is 0 Å². The van der Waals surface area contributed by atoms with Crippen LogP contribution in [-0.2, 0) is 4.79 Å². The number of anilines is 1. The molecule has 1 radical (unpaired) electrons. The van der Waals surface area contributed by atoms with Crippen LogP contribution in [-0.4, -0.2) is 57.2 Å². The number of carbonyl (C=O) groups excluding carboxylic acids is 4. The predicted octanol–water partition coefficient (Wildman–Crippen LogP) is 4.49. The van der Waals surface area contributed by atoms with Crippen molar-refractivity contribution in [2.75, 3.05) is 11.4 Å². The van der Waals surface area contributed by atoms with Gasteiger partial charge < -0.3 is 4.90 Å². The molecule has 0 unspecified atom stereocenters. The van der Waals surface area contributed by atoms with Gasteiger partial charge in [-0.15, -0.1) is 11.3 Å². The molecule has 213 valence electrons. The Bertz CT molecular complexity index is 1410. The van der Waals surface area contributed by atoms with Gasteiger partial charge in [0, 0.05) is 23.4 Å². The van der Waals surface area contributed by atoms with Crippen molar-refractivity contribution in [2.24, 2.45) is 17.7 Å². The van der Waals surface area contributed by atoms with Crippen molar-refractivity contribution in [3.63, 3.8) is 0 Å². The van der Waals surface area contributed by atoms with Crippen molar-refractivity contribution in [1.82, 2.24) is 19.9 Å². The highest BCUT2D eigenvalue weighted by atomic mass is 32.1. The molecule has 1 aromatic carbocycles. The number of aromatic nitrogens is 2. The lowest BCUT2D eigenvalue weighted by Crippen LogP contribution is -2.48. The Labute approximate surface area is 236 Å². The maximum Gasteiger partial charge on any atom is 0.340 e. The fraction of sp³-hybridized carbons (Fsp3) is 0.464. The summed E-state index contributed by atoms with van der Waals surface area (Å²) in [6.07, 6.45) is 5.22. The largest absolute Gasteiger partial charge is 0.345 e. The molecule has 2 aromatic heterocycles. The van der Waals surface area contributed by atoms with E-state index in [2.05, 4.69) is 23.7 Å². The first-order valence-electron chi connectivity index (χ1n) is 13.3. The summed E-state index contributed by atoms with van der Waals surface area (Å²) in [7, 11) is 0. The lowest BCUT2D eigenvalue weighted by atomic mass is 9.91. The maximum atomic E-state index is 14.0. The normalized spacial score (nSPS) is 14.3. The number of thiazole rings is 1. The molecule has 0 aliphatic heterocycles. The first kappa shape index (κ1) is 29.3. The first-order valence-corrected chi connectivity index (χ1v) is 14.2. The Morgan fingerprint density at radius 3 is 2.48 bits per heavy atom. The van der Waals surface area contributed by atoms with Gasteiger partial charge in [-0.1, -0.05) is 27.7 Å². The molecule has 3 amide bonds. The van der Waals surface area contributed by atoms with E-state index in [1.54, 1.807) is 5.38 Å². The summed E-state index contributed by atoms with van der Waals surface area (Å²) < 4.78 is 14.9. The average molecular weight is 570 g/mol. The van der Waals surface area contributed by atoms with Crippen LogP contribution in [0.4, 0.5) is 14.3 Å². The van der Waals surface area contributed by atoms with Crippen LogP contribution in [0.25, 0.3) is 10.9 Å². The van der Waals surface area contributed by atoms with Crippen molar-refractivity contribution in [1.29, 1.82) is 0 Å². The standard InChI is InChI=1S/C28H34FN6O4S/c1-16(2)10-21(14-36)34(25(37)22-15-40-28(31-22)33(13-17(3)4)20-6-5-7-20)26(38)24-12-18-11-19(29)8-9-23(18)35(24)27(39)32-30/h8-9,11-12,15-17,20-21H,5-7,10,13,30H2,1-4H3,(H,32,39)/t21-/m0/s1. The molecule has 0 spiro atoms. The predicted molar refractivity (Wildman–Crippen MR) is 151 cm³/mol. The number of benzene rings is 1. The zero-order valence-electron chi connectivity index (χ0n) is 23.0. The van der Waals surface area contributed by atoms with Gasteiger partial charge in [-0.3, -0.25) is 29.3 Å². The zero-order chi connectivity index (χ0) is 29.1. The van der Waals surface area contributed by atoms with Crippen LogP contribution in [0, 0.1) is 17.7 Å². The number of carbonyl (C=O) groups is 3. The van der Waals surface area contributed by atoms with Crippen LogP contribution in [0.15, 0.2) is 29.6 Å². The maximum absolute atomic E-state index is 14.0. The van der Waals surface area contributed by atoms with Crippen molar-refractivity contribution >= 4 is 51.5 Å². The number of nitrogens with one attached hydrogen (secondary N) is 1. The Kier molecular flexibility index (Phi) is 8.99. The molecule has 1 aliphatic carbocycles. The number of nitrogens with two attached hydrogens (primary N) is 1. The van der Waals surface area contributed by atoms with Gasteiger partial charge in [0.15, 0.2) is 5.13 Å². The van der Waals surface area contributed by atoms with Crippen molar-refractivity contribution < 1.29 is 23.6 Å².